The van der Waals surface area contributed by atoms with Crippen molar-refractivity contribution >= 4 is 24.4 Å². The van der Waals surface area contributed by atoms with E-state index < -0.39 is 42.7 Å². The number of esters is 1. The highest BCUT2D eigenvalue weighted by molar-refractivity contribution is 5.76. The van der Waals surface area contributed by atoms with Crippen LogP contribution in [-0.2, 0) is 34.9 Å². The molecule has 0 amide bonds. The van der Waals surface area contributed by atoms with Gasteiger partial charge in [0.25, 0.3) is 0 Å². The van der Waals surface area contributed by atoms with Crippen LogP contribution in [0.2, 0.25) is 0 Å². The summed E-state index contributed by atoms with van der Waals surface area (Å²) in [6.45, 7) is 10.7. The van der Waals surface area contributed by atoms with E-state index in [1.165, 1.54) is 12.1 Å². The lowest BCUT2D eigenvalue weighted by Crippen LogP contribution is -2.36. The molecule has 0 heterocycles. The molecule has 1 rings (SSSR count). The molecule has 0 radical (unpaired) electrons. The maximum Gasteiger partial charge on any atom is 0.514 e. The Morgan fingerprint density at radius 2 is 1.32 bits per heavy atom. The summed E-state index contributed by atoms with van der Waals surface area (Å²) in [5, 5.41) is 0. The Kier molecular flexibility index (Phi) is 16.1. The van der Waals surface area contributed by atoms with E-state index in [1.807, 2.05) is 20.8 Å². The molecule has 0 spiro atoms. The second-order valence-electron chi connectivity index (χ2n) is 9.33. The minimum absolute atomic E-state index is 0.00189. The summed E-state index contributed by atoms with van der Waals surface area (Å²) in [7, 11) is 0. The second kappa shape index (κ2) is 18.7. The fourth-order valence-electron chi connectivity index (χ4n) is 2.95. The molecular weight excluding hydrogens is 526 g/mol. The number of rotatable bonds is 16. The molecule has 0 aliphatic carbocycles. The molecule has 12 nitrogen and oxygen atoms in total. The van der Waals surface area contributed by atoms with Crippen molar-refractivity contribution in [3.05, 3.63) is 23.8 Å². The number of carbonyl (C=O) groups is 4. The van der Waals surface area contributed by atoms with E-state index in [0.29, 0.717) is 18.4 Å². The normalized spacial score (nSPS) is 13.7. The molecule has 2 N–H and O–H groups in total. The average Bonchev–Trinajstić information content (AvgIpc) is 2.90. The van der Waals surface area contributed by atoms with Crippen LogP contribution in [0.3, 0.4) is 0 Å². The predicted molar refractivity (Wildman–Crippen MR) is 144 cm³/mol. The van der Waals surface area contributed by atoms with Gasteiger partial charge >= 0.3 is 24.4 Å². The van der Waals surface area contributed by atoms with Gasteiger partial charge in [-0.05, 0) is 64.2 Å². The zero-order valence-electron chi connectivity index (χ0n) is 24.3. The molecule has 2 unspecified atom stereocenters. The van der Waals surface area contributed by atoms with Gasteiger partial charge in [-0.3, -0.25) is 4.79 Å². The van der Waals surface area contributed by atoms with Gasteiger partial charge in [0.15, 0.2) is 11.5 Å². The molecular formula is C28H43NO11. The highest BCUT2D eigenvalue weighted by Gasteiger charge is 2.22. The van der Waals surface area contributed by atoms with E-state index in [0.717, 1.165) is 19.3 Å². The van der Waals surface area contributed by atoms with Gasteiger partial charge in [-0.25, -0.2) is 14.4 Å². The van der Waals surface area contributed by atoms with E-state index in [1.54, 1.807) is 26.8 Å². The van der Waals surface area contributed by atoms with Gasteiger partial charge < -0.3 is 38.9 Å². The van der Waals surface area contributed by atoms with Gasteiger partial charge in [-0.2, -0.15) is 0 Å². The van der Waals surface area contributed by atoms with Gasteiger partial charge in [-0.15, -0.1) is 0 Å². The largest absolute Gasteiger partial charge is 0.514 e. The van der Waals surface area contributed by atoms with E-state index in [-0.39, 0.29) is 37.2 Å². The lowest BCUT2D eigenvalue weighted by atomic mass is 10.1. The Balaban J connectivity index is 2.79. The SMILES string of the molecule is CCCCCOC(=O)O[C@@H](C)COC(=O)[C@@H](N)Cc1ccc(OC(=O)OC(C)CC)c(OC(=O)OC(C)CC)c1. The predicted octanol–water partition coefficient (Wildman–Crippen LogP) is 5.46. The van der Waals surface area contributed by atoms with Crippen LogP contribution in [0.5, 0.6) is 11.5 Å². The summed E-state index contributed by atoms with van der Waals surface area (Å²) >= 11 is 0. The third-order valence-electron chi connectivity index (χ3n) is 5.62. The molecule has 12 heteroatoms. The Morgan fingerprint density at radius 1 is 0.750 bits per heavy atom. The highest BCUT2D eigenvalue weighted by atomic mass is 16.8. The molecule has 0 fully saturated rings. The van der Waals surface area contributed by atoms with E-state index in [2.05, 4.69) is 0 Å². The number of ether oxygens (including phenoxy) is 7. The molecule has 0 saturated heterocycles. The van der Waals surface area contributed by atoms with Crippen LogP contribution in [0.4, 0.5) is 14.4 Å². The van der Waals surface area contributed by atoms with E-state index in [4.69, 9.17) is 38.9 Å². The third kappa shape index (κ3) is 14.0. The smallest absolute Gasteiger partial charge is 0.461 e. The summed E-state index contributed by atoms with van der Waals surface area (Å²) < 4.78 is 35.9. The van der Waals surface area contributed by atoms with Gasteiger partial charge in [0.2, 0.25) is 0 Å². The Bertz CT molecular complexity index is 952. The van der Waals surface area contributed by atoms with Crippen LogP contribution in [0.1, 0.15) is 79.2 Å². The zero-order valence-corrected chi connectivity index (χ0v) is 24.3. The topological polar surface area (TPSA) is 159 Å². The van der Waals surface area contributed by atoms with Crippen LogP contribution in [0, 0.1) is 0 Å². The number of nitrogens with two attached hydrogens (primary N) is 1. The van der Waals surface area contributed by atoms with Crippen molar-refractivity contribution in [2.45, 2.75) is 104 Å². The van der Waals surface area contributed by atoms with Crippen molar-refractivity contribution in [1.29, 1.82) is 0 Å². The van der Waals surface area contributed by atoms with Crippen molar-refractivity contribution in [1.82, 2.24) is 0 Å². The van der Waals surface area contributed by atoms with Gasteiger partial charge in [0, 0.05) is 0 Å². The van der Waals surface area contributed by atoms with Crippen molar-refractivity contribution in [2.24, 2.45) is 5.73 Å². The monoisotopic (exact) mass is 569 g/mol. The first-order valence-electron chi connectivity index (χ1n) is 13.6. The Hall–Kier alpha value is -3.54. The van der Waals surface area contributed by atoms with Crippen LogP contribution < -0.4 is 15.2 Å². The zero-order chi connectivity index (χ0) is 30.1. The first-order valence-corrected chi connectivity index (χ1v) is 13.6. The van der Waals surface area contributed by atoms with E-state index in [9.17, 15) is 19.2 Å². The molecule has 0 aliphatic rings. The molecule has 0 aliphatic heterocycles. The quantitative estimate of drug-likeness (QED) is 0.116. The fraction of sp³-hybridized carbons (Fsp3) is 0.643. The number of hydrogen-bond acceptors (Lipinski definition) is 12. The average molecular weight is 570 g/mol. The third-order valence-corrected chi connectivity index (χ3v) is 5.62. The van der Waals surface area contributed by atoms with Crippen molar-refractivity contribution < 1.29 is 52.3 Å². The first-order chi connectivity index (χ1) is 19.0. The highest BCUT2D eigenvalue weighted by Crippen LogP contribution is 2.30. The minimum atomic E-state index is -1.09. The number of unbranched alkanes of at least 4 members (excludes halogenated alkanes) is 2. The lowest BCUT2D eigenvalue weighted by molar-refractivity contribution is -0.148. The standard InChI is InChI=1S/C28H43NO11/c1-7-10-11-14-34-26(31)38-20(6)17-35-25(30)22(29)15-21-12-13-23(39-27(32)36-18(4)8-2)24(16-21)40-28(33)37-19(5)9-3/h12-13,16,18-20,22H,7-11,14-15,17,29H2,1-6H3/t18?,19?,20-,22-/m0/s1. The van der Waals surface area contributed by atoms with Crippen LogP contribution in [0.15, 0.2) is 18.2 Å². The molecule has 1 aromatic carbocycles. The molecule has 40 heavy (non-hydrogen) atoms. The Morgan fingerprint density at radius 3 is 1.90 bits per heavy atom. The molecule has 226 valence electrons. The summed E-state index contributed by atoms with van der Waals surface area (Å²) in [5.74, 6) is -0.934. The minimum Gasteiger partial charge on any atom is -0.461 e. The van der Waals surface area contributed by atoms with Gasteiger partial charge in [0.05, 0.1) is 6.61 Å². The lowest BCUT2D eigenvalue weighted by Gasteiger charge is -2.17. The second-order valence-corrected chi connectivity index (χ2v) is 9.33. The van der Waals surface area contributed by atoms with Crippen molar-refractivity contribution in [2.75, 3.05) is 13.2 Å². The maximum absolute atomic E-state index is 12.4. The molecule has 0 bridgehead atoms. The first kappa shape index (κ1) is 34.5. The number of benzene rings is 1. The maximum atomic E-state index is 12.4. The molecule has 4 atom stereocenters. The molecule has 1 aromatic rings. The van der Waals surface area contributed by atoms with E-state index >= 15 is 0 Å². The summed E-state index contributed by atoms with van der Waals surface area (Å²) in [5.41, 5.74) is 6.49. The van der Waals surface area contributed by atoms with Crippen molar-refractivity contribution in [3.8, 4) is 11.5 Å². The molecule has 0 saturated carbocycles. The van der Waals surface area contributed by atoms with Gasteiger partial charge in [-0.1, -0.05) is 39.7 Å². The van der Waals surface area contributed by atoms with Crippen LogP contribution in [0.25, 0.3) is 0 Å². The summed E-state index contributed by atoms with van der Waals surface area (Å²) in [6, 6.07) is 3.25. The Labute approximate surface area is 235 Å². The number of carbonyl (C=O) groups excluding carboxylic acids is 4. The fourth-order valence-corrected chi connectivity index (χ4v) is 2.95. The van der Waals surface area contributed by atoms with Crippen LogP contribution in [-0.4, -0.2) is 62.0 Å². The molecule has 0 aromatic heterocycles. The van der Waals surface area contributed by atoms with Crippen LogP contribution >= 0.6 is 0 Å². The van der Waals surface area contributed by atoms with Gasteiger partial charge in [0.1, 0.15) is 31.0 Å². The van der Waals surface area contributed by atoms with Crippen molar-refractivity contribution in [3.63, 3.8) is 0 Å². The summed E-state index contributed by atoms with van der Waals surface area (Å²) in [4.78, 5) is 48.5. The number of hydrogen-bond donors (Lipinski definition) is 1. The summed E-state index contributed by atoms with van der Waals surface area (Å²) in [6.07, 6.45) is -0.473.